The van der Waals surface area contributed by atoms with Crippen molar-refractivity contribution >= 4 is 97.4 Å². The molecule has 3 heterocycles. The molecule has 0 amide bonds. The van der Waals surface area contributed by atoms with Gasteiger partial charge >= 0.3 is 0 Å². The molecule has 3 aromatic heterocycles. The number of aromatic nitrogens is 1. The van der Waals surface area contributed by atoms with Crippen LogP contribution in [-0.2, 0) is 0 Å². The van der Waals surface area contributed by atoms with Crippen LogP contribution in [0.15, 0.2) is 152 Å². The first-order valence-corrected chi connectivity index (χ1v) is 19.6. The molecular weight excluding hydrogens is 671 g/mol. The normalized spacial score (nSPS) is 11.8. The summed E-state index contributed by atoms with van der Waals surface area (Å²) in [6.07, 6.45) is 0. The standard InChI is InChI=1S/C47H39N3S2/c1-30(2)32-15-19-36(20-16-32)49(34-11-7-5-8-12-34)38-23-25-40-42(27-38)51-44-29-45-47(48-46(40)44)41-26-24-39(28-43(41)52-45)50(35-13-9-6-10-14-35)37-21-17-33(18-22-37)31(3)4/h5-31H,1-4H3. The molecule has 3 nitrogen and oxygen atoms in total. The topological polar surface area (TPSA) is 19.4 Å². The van der Waals surface area contributed by atoms with Crippen LogP contribution in [0.1, 0.15) is 50.7 Å². The average molecular weight is 710 g/mol. The lowest BCUT2D eigenvalue weighted by molar-refractivity contribution is 0.866. The second-order valence-corrected chi connectivity index (χ2v) is 16.2. The number of thiophene rings is 2. The number of nitrogens with zero attached hydrogens (tertiary/aromatic N) is 3. The smallest absolute Gasteiger partial charge is 0.0897 e. The largest absolute Gasteiger partial charge is 0.310 e. The van der Waals surface area contributed by atoms with Gasteiger partial charge in [0.2, 0.25) is 0 Å². The van der Waals surface area contributed by atoms with E-state index in [4.69, 9.17) is 4.98 Å². The van der Waals surface area contributed by atoms with Gasteiger partial charge in [-0.05, 0) is 114 Å². The van der Waals surface area contributed by atoms with E-state index in [1.165, 1.54) is 40.7 Å². The van der Waals surface area contributed by atoms with E-state index >= 15 is 0 Å². The molecule has 0 atom stereocenters. The highest BCUT2D eigenvalue weighted by molar-refractivity contribution is 7.28. The van der Waals surface area contributed by atoms with Gasteiger partial charge in [0.1, 0.15) is 0 Å². The molecule has 254 valence electrons. The SMILES string of the molecule is CC(C)c1ccc(N(c2ccccc2)c2ccc3c(c2)sc2cc4sc5cc(N(c6ccccc6)c6ccc(C(C)C)cc6)ccc5c4nc23)cc1. The van der Waals surface area contributed by atoms with E-state index in [0.29, 0.717) is 11.8 Å². The number of hydrogen-bond acceptors (Lipinski definition) is 5. The number of fused-ring (bicyclic) bond motifs is 6. The van der Waals surface area contributed by atoms with Gasteiger partial charge in [-0.2, -0.15) is 0 Å². The quantitative estimate of drug-likeness (QED) is 0.157. The van der Waals surface area contributed by atoms with E-state index in [-0.39, 0.29) is 0 Å². The Morgan fingerprint density at radius 1 is 0.385 bits per heavy atom. The third-order valence-electron chi connectivity index (χ3n) is 10.0. The van der Waals surface area contributed by atoms with Crippen LogP contribution in [0, 0.1) is 0 Å². The minimum Gasteiger partial charge on any atom is -0.310 e. The summed E-state index contributed by atoms with van der Waals surface area (Å²) in [7, 11) is 0. The average Bonchev–Trinajstić information content (AvgIpc) is 3.71. The summed E-state index contributed by atoms with van der Waals surface area (Å²) in [5, 5.41) is 2.40. The fourth-order valence-corrected chi connectivity index (χ4v) is 9.50. The maximum atomic E-state index is 5.38. The van der Waals surface area contributed by atoms with Crippen LogP contribution in [0.4, 0.5) is 34.1 Å². The van der Waals surface area contributed by atoms with Crippen LogP contribution in [0.2, 0.25) is 0 Å². The Morgan fingerprint density at radius 2 is 0.750 bits per heavy atom. The minimum absolute atomic E-state index is 0.493. The zero-order valence-electron chi connectivity index (χ0n) is 29.7. The summed E-state index contributed by atoms with van der Waals surface area (Å²) in [6, 6.07) is 55.3. The van der Waals surface area contributed by atoms with Crippen molar-refractivity contribution in [2.24, 2.45) is 0 Å². The summed E-state index contributed by atoms with van der Waals surface area (Å²) in [5.74, 6) is 0.985. The van der Waals surface area contributed by atoms with E-state index in [9.17, 15) is 0 Å². The number of benzene rings is 6. The first-order valence-electron chi connectivity index (χ1n) is 18.0. The van der Waals surface area contributed by atoms with E-state index in [0.717, 1.165) is 45.2 Å². The number of hydrogen-bond donors (Lipinski definition) is 0. The lowest BCUT2D eigenvalue weighted by Gasteiger charge is -2.26. The Bertz CT molecular complexity index is 2490. The van der Waals surface area contributed by atoms with Crippen molar-refractivity contribution in [3.63, 3.8) is 0 Å². The van der Waals surface area contributed by atoms with Gasteiger partial charge in [-0.25, -0.2) is 4.98 Å². The Labute approximate surface area is 313 Å². The van der Waals surface area contributed by atoms with E-state index in [1.54, 1.807) is 0 Å². The third-order valence-corrected chi connectivity index (χ3v) is 12.2. The molecule has 0 N–H and O–H groups in total. The fraction of sp³-hybridized carbons (Fsp3) is 0.128. The highest BCUT2D eigenvalue weighted by atomic mass is 32.1. The first kappa shape index (κ1) is 32.4. The Morgan fingerprint density at radius 3 is 1.13 bits per heavy atom. The van der Waals surface area contributed by atoms with Crippen molar-refractivity contribution in [2.45, 2.75) is 39.5 Å². The minimum atomic E-state index is 0.493. The highest BCUT2D eigenvalue weighted by Gasteiger charge is 2.19. The summed E-state index contributed by atoms with van der Waals surface area (Å²) in [5.41, 5.74) is 11.7. The molecular formula is C47H39N3S2. The first-order chi connectivity index (χ1) is 25.4. The predicted octanol–water partition coefficient (Wildman–Crippen LogP) is 15.0. The zero-order valence-corrected chi connectivity index (χ0v) is 31.4. The van der Waals surface area contributed by atoms with Gasteiger partial charge in [0.15, 0.2) is 0 Å². The second kappa shape index (κ2) is 13.2. The number of rotatable bonds is 8. The lowest BCUT2D eigenvalue weighted by atomic mass is 10.0. The molecule has 0 radical (unpaired) electrons. The van der Waals surface area contributed by atoms with Crippen LogP contribution in [-0.4, -0.2) is 4.98 Å². The van der Waals surface area contributed by atoms with Crippen molar-refractivity contribution < 1.29 is 0 Å². The van der Waals surface area contributed by atoms with Crippen LogP contribution in [0.3, 0.4) is 0 Å². The number of anilines is 6. The molecule has 0 fully saturated rings. The summed E-state index contributed by atoms with van der Waals surface area (Å²) < 4.78 is 4.92. The molecule has 0 aliphatic carbocycles. The third kappa shape index (κ3) is 5.80. The highest BCUT2D eigenvalue weighted by Crippen LogP contribution is 2.44. The second-order valence-electron chi connectivity index (χ2n) is 14.1. The maximum Gasteiger partial charge on any atom is 0.0897 e. The molecule has 0 aliphatic heterocycles. The fourth-order valence-electron chi connectivity index (χ4n) is 7.18. The van der Waals surface area contributed by atoms with Crippen LogP contribution in [0.5, 0.6) is 0 Å². The summed E-state index contributed by atoms with van der Waals surface area (Å²) >= 11 is 3.66. The molecule has 0 unspecified atom stereocenters. The van der Waals surface area contributed by atoms with Gasteiger partial charge in [0, 0.05) is 54.3 Å². The summed E-state index contributed by atoms with van der Waals surface area (Å²) in [6.45, 7) is 8.96. The van der Waals surface area contributed by atoms with Gasteiger partial charge in [-0.15, -0.1) is 22.7 Å². The lowest BCUT2D eigenvalue weighted by Crippen LogP contribution is -2.09. The van der Waals surface area contributed by atoms with Gasteiger partial charge < -0.3 is 9.80 Å². The molecule has 0 bridgehead atoms. The van der Waals surface area contributed by atoms with Crippen molar-refractivity contribution in [3.8, 4) is 0 Å². The Balaban J connectivity index is 1.12. The molecule has 6 aromatic carbocycles. The predicted molar refractivity (Wildman–Crippen MR) is 228 cm³/mol. The van der Waals surface area contributed by atoms with Crippen LogP contribution >= 0.6 is 22.7 Å². The molecule has 52 heavy (non-hydrogen) atoms. The zero-order chi connectivity index (χ0) is 35.3. The maximum absolute atomic E-state index is 5.38. The van der Waals surface area contributed by atoms with Gasteiger partial charge in [-0.3, -0.25) is 0 Å². The van der Waals surface area contributed by atoms with Gasteiger partial charge in [0.25, 0.3) is 0 Å². The van der Waals surface area contributed by atoms with Gasteiger partial charge in [-0.1, -0.05) is 88.4 Å². The Hall–Kier alpha value is -5.49. The molecule has 0 saturated carbocycles. The Kier molecular flexibility index (Phi) is 8.26. The van der Waals surface area contributed by atoms with Crippen molar-refractivity contribution in [2.75, 3.05) is 9.80 Å². The van der Waals surface area contributed by atoms with Gasteiger partial charge in [0.05, 0.1) is 20.4 Å². The van der Waals surface area contributed by atoms with Crippen molar-refractivity contribution in [3.05, 3.63) is 163 Å². The monoisotopic (exact) mass is 709 g/mol. The summed E-state index contributed by atoms with van der Waals surface area (Å²) in [4.78, 5) is 10.1. The van der Waals surface area contributed by atoms with Crippen LogP contribution < -0.4 is 9.80 Å². The molecule has 0 spiro atoms. The molecule has 0 saturated heterocycles. The van der Waals surface area contributed by atoms with E-state index < -0.39 is 0 Å². The number of pyridine rings is 1. The van der Waals surface area contributed by atoms with Crippen molar-refractivity contribution in [1.29, 1.82) is 0 Å². The van der Waals surface area contributed by atoms with Crippen LogP contribution in [0.25, 0.3) is 40.6 Å². The molecule has 0 aliphatic rings. The molecule has 9 rings (SSSR count). The number of para-hydroxylation sites is 2. The van der Waals surface area contributed by atoms with Crippen molar-refractivity contribution in [1.82, 2.24) is 4.98 Å². The molecule has 5 heteroatoms. The van der Waals surface area contributed by atoms with E-state index in [1.807, 2.05) is 22.7 Å². The van der Waals surface area contributed by atoms with E-state index in [2.05, 4.69) is 189 Å². The molecule has 9 aromatic rings.